The van der Waals surface area contributed by atoms with E-state index in [1.807, 2.05) is 6.07 Å². The molecule has 0 aliphatic rings. The van der Waals surface area contributed by atoms with Gasteiger partial charge in [0.05, 0.1) is 19.3 Å². The molecule has 0 saturated carbocycles. The van der Waals surface area contributed by atoms with Gasteiger partial charge in [-0.3, -0.25) is 0 Å². The molecule has 3 rings (SSSR count). The van der Waals surface area contributed by atoms with E-state index in [4.69, 9.17) is 25.7 Å². The first kappa shape index (κ1) is 22.4. The molecule has 0 unspecified atom stereocenters. The molecule has 0 aromatic heterocycles. The molecule has 0 amide bonds. The highest BCUT2D eigenvalue weighted by Crippen LogP contribution is 2.18. The van der Waals surface area contributed by atoms with Crippen molar-refractivity contribution in [1.29, 1.82) is 0 Å². The summed E-state index contributed by atoms with van der Waals surface area (Å²) in [7, 11) is 1.56. The van der Waals surface area contributed by atoms with Crippen LogP contribution < -0.4 is 20.9 Å². The number of nitrogens with two attached hydrogens (primary N) is 2. The zero-order valence-electron chi connectivity index (χ0n) is 17.6. The maximum absolute atomic E-state index is 12.2. The van der Waals surface area contributed by atoms with Crippen LogP contribution in [0.1, 0.15) is 21.5 Å². The summed E-state index contributed by atoms with van der Waals surface area (Å²) in [5.41, 5.74) is 14.8. The first-order valence-electron chi connectivity index (χ1n) is 9.89. The monoisotopic (exact) mass is 432 g/mol. The van der Waals surface area contributed by atoms with Crippen molar-refractivity contribution in [2.45, 2.75) is 6.42 Å². The average Bonchev–Trinajstić information content (AvgIpc) is 2.80. The first-order valence-corrected chi connectivity index (χ1v) is 9.89. The summed E-state index contributed by atoms with van der Waals surface area (Å²) >= 11 is 0. The summed E-state index contributed by atoms with van der Waals surface area (Å²) in [5.74, 6) is 0.118. The van der Waals surface area contributed by atoms with Crippen LogP contribution in [0.5, 0.6) is 11.5 Å². The van der Waals surface area contributed by atoms with E-state index in [1.54, 1.807) is 73.8 Å². The number of nitrogen functional groups attached to an aromatic ring is 2. The molecule has 0 fully saturated rings. The highest BCUT2D eigenvalue weighted by atomic mass is 16.5. The Morgan fingerprint density at radius 2 is 1.59 bits per heavy atom. The number of anilines is 2. The summed E-state index contributed by atoms with van der Waals surface area (Å²) < 4.78 is 15.6. The van der Waals surface area contributed by atoms with E-state index in [-0.39, 0.29) is 6.61 Å². The molecule has 164 valence electrons. The standard InChI is InChI=1S/C25H24N2O5/c1-30-21-11-6-19(7-12-21)25(29)32-22-9-2-17(3-10-22)4-13-24(28)31-15-14-18-5-8-20(26)16-23(18)27/h2-13,16H,14-15,26-27H2,1H3/b13-4+. The third-order valence-electron chi connectivity index (χ3n) is 4.61. The second kappa shape index (κ2) is 10.7. The fourth-order valence-electron chi connectivity index (χ4n) is 2.86. The Morgan fingerprint density at radius 3 is 2.25 bits per heavy atom. The van der Waals surface area contributed by atoms with Gasteiger partial charge in [-0.1, -0.05) is 18.2 Å². The van der Waals surface area contributed by atoms with E-state index in [2.05, 4.69) is 0 Å². The predicted molar refractivity (Wildman–Crippen MR) is 123 cm³/mol. The molecule has 4 N–H and O–H groups in total. The lowest BCUT2D eigenvalue weighted by atomic mass is 10.1. The van der Waals surface area contributed by atoms with Gasteiger partial charge in [-0.05, 0) is 65.7 Å². The maximum Gasteiger partial charge on any atom is 0.343 e. The van der Waals surface area contributed by atoms with Gasteiger partial charge in [0.2, 0.25) is 0 Å². The molecule has 3 aromatic carbocycles. The summed E-state index contributed by atoms with van der Waals surface area (Å²) in [6.45, 7) is 0.206. The lowest BCUT2D eigenvalue weighted by Gasteiger charge is -2.07. The fraction of sp³-hybridized carbons (Fsp3) is 0.120. The molecular weight excluding hydrogens is 408 g/mol. The quantitative estimate of drug-likeness (QED) is 0.240. The molecule has 0 atom stereocenters. The molecule has 32 heavy (non-hydrogen) atoms. The van der Waals surface area contributed by atoms with E-state index in [0.717, 1.165) is 11.1 Å². The smallest absolute Gasteiger partial charge is 0.343 e. The Morgan fingerprint density at radius 1 is 0.906 bits per heavy atom. The van der Waals surface area contributed by atoms with E-state index < -0.39 is 11.9 Å². The Hall–Kier alpha value is -4.26. The Labute approximate surface area is 186 Å². The van der Waals surface area contributed by atoms with Gasteiger partial charge < -0.3 is 25.7 Å². The van der Waals surface area contributed by atoms with Crippen molar-refractivity contribution in [1.82, 2.24) is 0 Å². The van der Waals surface area contributed by atoms with Gasteiger partial charge in [-0.15, -0.1) is 0 Å². The molecular formula is C25H24N2O5. The molecule has 0 bridgehead atoms. The van der Waals surface area contributed by atoms with Crippen LogP contribution in [0, 0.1) is 0 Å². The Bertz CT molecular complexity index is 1110. The van der Waals surface area contributed by atoms with Crippen LogP contribution in [0.2, 0.25) is 0 Å². The largest absolute Gasteiger partial charge is 0.497 e. The van der Waals surface area contributed by atoms with Crippen LogP contribution in [0.25, 0.3) is 6.08 Å². The van der Waals surface area contributed by atoms with Crippen LogP contribution in [-0.4, -0.2) is 25.7 Å². The minimum Gasteiger partial charge on any atom is -0.497 e. The second-order valence-corrected chi connectivity index (χ2v) is 6.90. The summed E-state index contributed by atoms with van der Waals surface area (Å²) in [4.78, 5) is 24.1. The normalized spacial score (nSPS) is 10.7. The second-order valence-electron chi connectivity index (χ2n) is 6.90. The number of hydrogen-bond acceptors (Lipinski definition) is 7. The van der Waals surface area contributed by atoms with Crippen molar-refractivity contribution in [3.63, 3.8) is 0 Å². The van der Waals surface area contributed by atoms with Crippen molar-refractivity contribution in [3.05, 3.63) is 89.5 Å². The van der Waals surface area contributed by atoms with Gasteiger partial charge >= 0.3 is 11.9 Å². The third kappa shape index (κ3) is 6.37. The number of ether oxygens (including phenoxy) is 3. The zero-order chi connectivity index (χ0) is 22.9. The number of carbonyl (C=O) groups is 2. The minimum absolute atomic E-state index is 0.206. The summed E-state index contributed by atoms with van der Waals surface area (Å²) in [5, 5.41) is 0. The van der Waals surface area contributed by atoms with Gasteiger partial charge in [0.15, 0.2) is 0 Å². The molecule has 0 spiro atoms. The van der Waals surface area contributed by atoms with Crippen LogP contribution in [-0.2, 0) is 16.0 Å². The predicted octanol–water partition coefficient (Wildman–Crippen LogP) is 3.88. The molecule has 0 heterocycles. The van der Waals surface area contributed by atoms with E-state index in [0.29, 0.717) is 34.9 Å². The Balaban J connectivity index is 1.47. The number of carbonyl (C=O) groups excluding carboxylic acids is 2. The first-order chi connectivity index (χ1) is 15.4. The van der Waals surface area contributed by atoms with E-state index in [9.17, 15) is 9.59 Å². The molecule has 7 heteroatoms. The van der Waals surface area contributed by atoms with Gasteiger partial charge in [-0.25, -0.2) is 9.59 Å². The third-order valence-corrected chi connectivity index (χ3v) is 4.61. The molecule has 0 aliphatic carbocycles. The van der Waals surface area contributed by atoms with Crippen LogP contribution in [0.15, 0.2) is 72.8 Å². The van der Waals surface area contributed by atoms with Gasteiger partial charge in [0, 0.05) is 23.9 Å². The van der Waals surface area contributed by atoms with Gasteiger partial charge in [0.25, 0.3) is 0 Å². The number of methoxy groups -OCH3 is 1. The number of rotatable bonds is 8. The average molecular weight is 432 g/mol. The minimum atomic E-state index is -0.471. The van der Waals surface area contributed by atoms with Crippen molar-refractivity contribution in [2.75, 3.05) is 25.2 Å². The molecule has 0 aliphatic heterocycles. The van der Waals surface area contributed by atoms with Crippen LogP contribution in [0.4, 0.5) is 11.4 Å². The summed E-state index contributed by atoms with van der Waals surface area (Å²) in [6.07, 6.45) is 3.46. The maximum atomic E-state index is 12.2. The summed E-state index contributed by atoms with van der Waals surface area (Å²) in [6, 6.07) is 18.6. The van der Waals surface area contributed by atoms with Gasteiger partial charge in [-0.2, -0.15) is 0 Å². The van der Waals surface area contributed by atoms with Crippen LogP contribution >= 0.6 is 0 Å². The van der Waals surface area contributed by atoms with Crippen molar-refractivity contribution in [2.24, 2.45) is 0 Å². The number of esters is 2. The molecule has 3 aromatic rings. The SMILES string of the molecule is COc1ccc(C(=O)Oc2ccc(/C=C/C(=O)OCCc3ccc(N)cc3N)cc2)cc1. The van der Waals surface area contributed by atoms with Crippen molar-refractivity contribution in [3.8, 4) is 11.5 Å². The van der Waals surface area contributed by atoms with E-state index >= 15 is 0 Å². The van der Waals surface area contributed by atoms with Crippen molar-refractivity contribution < 1.29 is 23.8 Å². The van der Waals surface area contributed by atoms with Crippen LogP contribution in [0.3, 0.4) is 0 Å². The zero-order valence-corrected chi connectivity index (χ0v) is 17.6. The lowest BCUT2D eigenvalue weighted by molar-refractivity contribution is -0.137. The molecule has 7 nitrogen and oxygen atoms in total. The van der Waals surface area contributed by atoms with Gasteiger partial charge in [0.1, 0.15) is 11.5 Å². The topological polar surface area (TPSA) is 114 Å². The number of hydrogen-bond donors (Lipinski definition) is 2. The lowest BCUT2D eigenvalue weighted by Crippen LogP contribution is -2.08. The number of benzene rings is 3. The van der Waals surface area contributed by atoms with Crippen molar-refractivity contribution >= 4 is 29.4 Å². The molecule has 0 radical (unpaired) electrons. The molecule has 0 saturated heterocycles. The highest BCUT2D eigenvalue weighted by Gasteiger charge is 2.08. The Kier molecular flexibility index (Phi) is 7.48. The highest BCUT2D eigenvalue weighted by molar-refractivity contribution is 5.91. The fourth-order valence-corrected chi connectivity index (χ4v) is 2.86. The van der Waals surface area contributed by atoms with E-state index in [1.165, 1.54) is 6.08 Å².